The van der Waals surface area contributed by atoms with Gasteiger partial charge in [0, 0.05) is 0 Å². The highest BCUT2D eigenvalue weighted by molar-refractivity contribution is 5.73. The maximum absolute atomic E-state index is 11.6. The molecule has 0 aliphatic rings. The predicted molar refractivity (Wildman–Crippen MR) is 80.4 cm³/mol. The quantitative estimate of drug-likeness (QED) is 0.803. The zero-order valence-corrected chi connectivity index (χ0v) is 12.3. The standard InChI is InChI=1S/C16H20N2O3/c1-12-5-3-6-13(2)15(12)21-10-8-17-16(19)18-11-14-7-4-9-20-14/h3-7,9H,8,10-11H2,1-2H3,(H2,17,18,19). The summed E-state index contributed by atoms with van der Waals surface area (Å²) in [6.45, 7) is 5.26. The zero-order valence-electron chi connectivity index (χ0n) is 12.3. The first-order valence-electron chi connectivity index (χ1n) is 6.90. The lowest BCUT2D eigenvalue weighted by molar-refractivity contribution is 0.235. The minimum Gasteiger partial charge on any atom is -0.491 e. The van der Waals surface area contributed by atoms with E-state index in [1.165, 1.54) is 0 Å². The number of benzene rings is 1. The van der Waals surface area contributed by atoms with Crippen LogP contribution in [0.1, 0.15) is 16.9 Å². The van der Waals surface area contributed by atoms with Crippen LogP contribution in [0.2, 0.25) is 0 Å². The molecule has 0 radical (unpaired) electrons. The van der Waals surface area contributed by atoms with Crippen molar-refractivity contribution in [3.05, 3.63) is 53.5 Å². The molecule has 0 saturated carbocycles. The molecule has 5 nitrogen and oxygen atoms in total. The van der Waals surface area contributed by atoms with Crippen LogP contribution in [0.5, 0.6) is 5.75 Å². The molecule has 0 aliphatic heterocycles. The van der Waals surface area contributed by atoms with E-state index in [1.807, 2.05) is 38.1 Å². The van der Waals surface area contributed by atoms with Gasteiger partial charge in [-0.3, -0.25) is 0 Å². The lowest BCUT2D eigenvalue weighted by atomic mass is 10.1. The smallest absolute Gasteiger partial charge is 0.315 e. The molecule has 21 heavy (non-hydrogen) atoms. The van der Waals surface area contributed by atoms with E-state index in [0.29, 0.717) is 19.7 Å². The summed E-state index contributed by atoms with van der Waals surface area (Å²) in [4.78, 5) is 11.6. The Morgan fingerprint density at radius 1 is 1.14 bits per heavy atom. The average molecular weight is 288 g/mol. The highest BCUT2D eigenvalue weighted by Crippen LogP contribution is 2.21. The number of hydrogen-bond acceptors (Lipinski definition) is 3. The second kappa shape index (κ2) is 7.38. The molecule has 0 aliphatic carbocycles. The third kappa shape index (κ3) is 4.56. The van der Waals surface area contributed by atoms with Crippen molar-refractivity contribution in [1.82, 2.24) is 10.6 Å². The summed E-state index contributed by atoms with van der Waals surface area (Å²) in [5, 5.41) is 5.44. The molecule has 2 rings (SSSR count). The van der Waals surface area contributed by atoms with Crippen LogP contribution in [-0.2, 0) is 6.54 Å². The fourth-order valence-electron chi connectivity index (χ4n) is 1.99. The van der Waals surface area contributed by atoms with E-state index in [0.717, 1.165) is 22.6 Å². The lowest BCUT2D eigenvalue weighted by Crippen LogP contribution is -2.37. The van der Waals surface area contributed by atoms with Gasteiger partial charge in [-0.15, -0.1) is 0 Å². The monoisotopic (exact) mass is 288 g/mol. The molecule has 0 unspecified atom stereocenters. The minimum absolute atomic E-state index is 0.239. The number of carbonyl (C=O) groups excluding carboxylic acids is 1. The number of ether oxygens (including phenoxy) is 1. The van der Waals surface area contributed by atoms with Crippen LogP contribution in [0.25, 0.3) is 0 Å². The molecular formula is C16H20N2O3. The van der Waals surface area contributed by atoms with Crippen LogP contribution < -0.4 is 15.4 Å². The van der Waals surface area contributed by atoms with Crippen molar-refractivity contribution in [2.24, 2.45) is 0 Å². The highest BCUT2D eigenvalue weighted by atomic mass is 16.5. The highest BCUT2D eigenvalue weighted by Gasteiger charge is 2.04. The Morgan fingerprint density at radius 2 is 1.90 bits per heavy atom. The molecule has 0 atom stereocenters. The Labute approximate surface area is 124 Å². The molecule has 2 N–H and O–H groups in total. The number of aryl methyl sites for hydroxylation is 2. The molecule has 5 heteroatoms. The van der Waals surface area contributed by atoms with E-state index in [1.54, 1.807) is 12.3 Å². The number of amides is 2. The Morgan fingerprint density at radius 3 is 2.57 bits per heavy atom. The van der Waals surface area contributed by atoms with Crippen molar-refractivity contribution in [1.29, 1.82) is 0 Å². The maximum atomic E-state index is 11.6. The molecule has 0 spiro atoms. The van der Waals surface area contributed by atoms with Crippen LogP contribution in [0.15, 0.2) is 41.0 Å². The number of para-hydroxylation sites is 1. The third-order valence-corrected chi connectivity index (χ3v) is 3.05. The second-order valence-corrected chi connectivity index (χ2v) is 4.76. The third-order valence-electron chi connectivity index (χ3n) is 3.05. The van der Waals surface area contributed by atoms with Crippen molar-refractivity contribution in [3.8, 4) is 5.75 Å². The average Bonchev–Trinajstić information content (AvgIpc) is 2.97. The topological polar surface area (TPSA) is 63.5 Å². The zero-order chi connectivity index (χ0) is 15.1. The summed E-state index contributed by atoms with van der Waals surface area (Å²) in [6, 6.07) is 9.36. The first kappa shape index (κ1) is 15.0. The van der Waals surface area contributed by atoms with E-state index < -0.39 is 0 Å². The summed E-state index contributed by atoms with van der Waals surface area (Å²) >= 11 is 0. The number of hydrogen-bond donors (Lipinski definition) is 2. The minimum atomic E-state index is -0.239. The summed E-state index contributed by atoms with van der Waals surface area (Å²) in [5.41, 5.74) is 2.19. The van der Waals surface area contributed by atoms with E-state index in [2.05, 4.69) is 10.6 Å². The Kier molecular flexibility index (Phi) is 5.26. The fraction of sp³-hybridized carbons (Fsp3) is 0.312. The molecule has 1 aromatic heterocycles. The van der Waals surface area contributed by atoms with E-state index in [4.69, 9.17) is 9.15 Å². The van der Waals surface area contributed by atoms with Gasteiger partial charge in [-0.25, -0.2) is 4.79 Å². The Balaban J connectivity index is 1.66. The molecule has 1 heterocycles. The molecule has 0 bridgehead atoms. The number of furan rings is 1. The van der Waals surface area contributed by atoms with Crippen molar-refractivity contribution in [2.45, 2.75) is 20.4 Å². The Hall–Kier alpha value is -2.43. The van der Waals surface area contributed by atoms with Crippen LogP contribution >= 0.6 is 0 Å². The molecule has 2 aromatic rings. The number of carbonyl (C=O) groups is 1. The van der Waals surface area contributed by atoms with Gasteiger partial charge in [0.15, 0.2) is 0 Å². The van der Waals surface area contributed by atoms with Crippen molar-refractivity contribution in [3.63, 3.8) is 0 Å². The van der Waals surface area contributed by atoms with Gasteiger partial charge in [-0.05, 0) is 37.1 Å². The normalized spacial score (nSPS) is 10.2. The molecule has 0 fully saturated rings. The first-order valence-corrected chi connectivity index (χ1v) is 6.90. The van der Waals surface area contributed by atoms with Crippen LogP contribution in [0.4, 0.5) is 4.79 Å². The van der Waals surface area contributed by atoms with Gasteiger partial charge in [-0.1, -0.05) is 18.2 Å². The number of urea groups is 1. The van der Waals surface area contributed by atoms with E-state index in [9.17, 15) is 4.79 Å². The first-order chi connectivity index (χ1) is 10.2. The van der Waals surface area contributed by atoms with Gasteiger partial charge in [0.2, 0.25) is 0 Å². The van der Waals surface area contributed by atoms with Gasteiger partial charge >= 0.3 is 6.03 Å². The summed E-state index contributed by atoms with van der Waals surface area (Å²) in [7, 11) is 0. The predicted octanol–water partition coefficient (Wildman–Crippen LogP) is 2.77. The largest absolute Gasteiger partial charge is 0.491 e. The molecule has 112 valence electrons. The fourth-order valence-corrected chi connectivity index (χ4v) is 1.99. The summed E-state index contributed by atoms with van der Waals surface area (Å²) in [5.74, 6) is 1.60. The van der Waals surface area contributed by atoms with E-state index >= 15 is 0 Å². The van der Waals surface area contributed by atoms with Crippen LogP contribution in [0.3, 0.4) is 0 Å². The van der Waals surface area contributed by atoms with E-state index in [-0.39, 0.29) is 6.03 Å². The second-order valence-electron chi connectivity index (χ2n) is 4.76. The molecule has 1 aromatic carbocycles. The van der Waals surface area contributed by atoms with Gasteiger partial charge < -0.3 is 19.8 Å². The van der Waals surface area contributed by atoms with Crippen LogP contribution in [-0.4, -0.2) is 19.2 Å². The Bertz CT molecular complexity index is 559. The van der Waals surface area contributed by atoms with Crippen molar-refractivity contribution >= 4 is 6.03 Å². The summed E-state index contributed by atoms with van der Waals surface area (Å²) in [6.07, 6.45) is 1.58. The molecule has 2 amide bonds. The number of rotatable bonds is 6. The van der Waals surface area contributed by atoms with Crippen LogP contribution in [0, 0.1) is 13.8 Å². The number of nitrogens with one attached hydrogen (secondary N) is 2. The van der Waals surface area contributed by atoms with Crippen molar-refractivity contribution < 1.29 is 13.9 Å². The van der Waals surface area contributed by atoms with Gasteiger partial charge in [0.1, 0.15) is 18.1 Å². The van der Waals surface area contributed by atoms with Crippen molar-refractivity contribution in [2.75, 3.05) is 13.2 Å². The maximum Gasteiger partial charge on any atom is 0.315 e. The lowest BCUT2D eigenvalue weighted by Gasteiger charge is -2.12. The summed E-state index contributed by atoms with van der Waals surface area (Å²) < 4.78 is 10.8. The molecule has 0 saturated heterocycles. The molecular weight excluding hydrogens is 268 g/mol. The van der Waals surface area contributed by atoms with Gasteiger partial charge in [0.05, 0.1) is 19.4 Å². The van der Waals surface area contributed by atoms with Gasteiger partial charge in [0.25, 0.3) is 0 Å². The SMILES string of the molecule is Cc1cccc(C)c1OCCNC(=O)NCc1ccco1. The van der Waals surface area contributed by atoms with Gasteiger partial charge in [-0.2, -0.15) is 0 Å².